The van der Waals surface area contributed by atoms with Crippen LogP contribution in [0.1, 0.15) is 30.9 Å². The van der Waals surface area contributed by atoms with Crippen molar-refractivity contribution in [3.63, 3.8) is 0 Å². The van der Waals surface area contributed by atoms with E-state index in [-0.39, 0.29) is 5.91 Å². The summed E-state index contributed by atoms with van der Waals surface area (Å²) in [5.41, 5.74) is 3.22. The van der Waals surface area contributed by atoms with E-state index >= 15 is 0 Å². The van der Waals surface area contributed by atoms with E-state index in [1.807, 2.05) is 6.07 Å². The predicted octanol–water partition coefficient (Wildman–Crippen LogP) is 6.39. The van der Waals surface area contributed by atoms with E-state index in [1.54, 1.807) is 30.5 Å². The van der Waals surface area contributed by atoms with Crippen LogP contribution in [0.15, 0.2) is 72.9 Å². The van der Waals surface area contributed by atoms with Crippen LogP contribution in [-0.4, -0.2) is 16.8 Å². The van der Waals surface area contributed by atoms with Crippen LogP contribution in [0.5, 0.6) is 11.5 Å². The maximum Gasteiger partial charge on any atom is 0.240 e. The predicted molar refractivity (Wildman–Crippen MR) is 138 cm³/mol. The number of nitrogens with one attached hydrogen (secondary N) is 2. The number of benzene rings is 3. The van der Waals surface area contributed by atoms with Gasteiger partial charge in [0.2, 0.25) is 11.8 Å². The van der Waals surface area contributed by atoms with E-state index in [9.17, 15) is 14.0 Å². The number of aromatic nitrogens is 1. The Morgan fingerprint density at radius 2 is 1.56 bits per heavy atom. The van der Waals surface area contributed by atoms with Crippen molar-refractivity contribution in [2.24, 2.45) is 5.41 Å². The molecule has 5 rings (SSSR count). The van der Waals surface area contributed by atoms with Crippen molar-refractivity contribution >= 4 is 34.1 Å². The van der Waals surface area contributed by atoms with Gasteiger partial charge in [0.05, 0.1) is 5.52 Å². The highest BCUT2D eigenvalue weighted by atomic mass is 19.1. The molecule has 1 aliphatic rings. The number of rotatable bonds is 7. The maximum absolute atomic E-state index is 13.1. The molecule has 0 unspecified atom stereocenters. The molecule has 0 atom stereocenters. The summed E-state index contributed by atoms with van der Waals surface area (Å²) >= 11 is 0. The number of carbonyl (C=O) groups excluding carboxylic acids is 2. The first-order chi connectivity index (χ1) is 17.4. The Bertz CT molecular complexity index is 1450. The van der Waals surface area contributed by atoms with Gasteiger partial charge in [0.1, 0.15) is 22.7 Å². The summed E-state index contributed by atoms with van der Waals surface area (Å²) in [5, 5.41) is 6.49. The van der Waals surface area contributed by atoms with Crippen LogP contribution in [0.25, 0.3) is 10.9 Å². The third kappa shape index (κ3) is 4.64. The van der Waals surface area contributed by atoms with Crippen molar-refractivity contribution < 1.29 is 18.7 Å². The SMILES string of the molecule is CCc1cc2c(Oc3ccc(NC(=O)C4(C(=O)Nc5ccc(F)cc5)CC4)cc3)ccnc2cc1C. The molecule has 1 saturated carbocycles. The van der Waals surface area contributed by atoms with Crippen molar-refractivity contribution in [3.05, 3.63) is 89.9 Å². The molecule has 0 spiro atoms. The summed E-state index contributed by atoms with van der Waals surface area (Å²) in [7, 11) is 0. The average molecular weight is 484 g/mol. The molecule has 36 heavy (non-hydrogen) atoms. The summed E-state index contributed by atoms with van der Waals surface area (Å²) in [6.45, 7) is 4.20. The number of ether oxygens (including phenoxy) is 1. The first-order valence-electron chi connectivity index (χ1n) is 11.9. The molecule has 0 bridgehead atoms. The lowest BCUT2D eigenvalue weighted by Crippen LogP contribution is -2.35. The van der Waals surface area contributed by atoms with Crippen LogP contribution < -0.4 is 15.4 Å². The minimum atomic E-state index is -1.12. The van der Waals surface area contributed by atoms with Gasteiger partial charge in [0, 0.05) is 23.0 Å². The number of fused-ring (bicyclic) bond motifs is 1. The number of aryl methyl sites for hydroxylation is 2. The summed E-state index contributed by atoms with van der Waals surface area (Å²) < 4.78 is 19.3. The number of nitrogens with zero attached hydrogens (tertiary/aromatic N) is 1. The monoisotopic (exact) mass is 483 g/mol. The molecule has 1 aliphatic carbocycles. The quantitative estimate of drug-likeness (QED) is 0.298. The molecule has 1 heterocycles. The van der Waals surface area contributed by atoms with Crippen LogP contribution in [0.4, 0.5) is 15.8 Å². The highest BCUT2D eigenvalue weighted by Gasteiger charge is 2.56. The molecular formula is C29H26FN3O3. The number of halogens is 1. The number of amides is 2. The smallest absolute Gasteiger partial charge is 0.240 e. The van der Waals surface area contributed by atoms with Crippen LogP contribution in [0.2, 0.25) is 0 Å². The van der Waals surface area contributed by atoms with Gasteiger partial charge in [-0.25, -0.2) is 4.39 Å². The topological polar surface area (TPSA) is 80.3 Å². The van der Waals surface area contributed by atoms with Crippen molar-refractivity contribution in [3.8, 4) is 11.5 Å². The highest BCUT2D eigenvalue weighted by Crippen LogP contribution is 2.47. The zero-order chi connectivity index (χ0) is 25.3. The van der Waals surface area contributed by atoms with Crippen molar-refractivity contribution in [2.75, 3.05) is 10.6 Å². The second kappa shape index (κ2) is 9.41. The van der Waals surface area contributed by atoms with Crippen LogP contribution >= 0.6 is 0 Å². The number of pyridine rings is 1. The Morgan fingerprint density at radius 3 is 2.14 bits per heavy atom. The van der Waals surface area contributed by atoms with Gasteiger partial charge in [-0.05, 0) is 104 Å². The van der Waals surface area contributed by atoms with Crippen molar-refractivity contribution in [1.82, 2.24) is 4.98 Å². The molecule has 0 radical (unpaired) electrons. The lowest BCUT2D eigenvalue weighted by atomic mass is 10.0. The average Bonchev–Trinajstić information content (AvgIpc) is 3.69. The number of hydrogen-bond donors (Lipinski definition) is 2. The number of anilines is 2. The fraction of sp³-hybridized carbons (Fsp3) is 0.207. The standard InChI is InChI=1S/C29H26FN3O3/c1-3-19-17-24-25(16-18(19)2)31-15-12-26(24)36-23-10-8-22(9-11-23)33-28(35)29(13-14-29)27(34)32-21-6-4-20(30)5-7-21/h4-12,15-17H,3,13-14H2,1-2H3,(H,32,34)(H,33,35). The van der Waals surface area contributed by atoms with Crippen LogP contribution in [0.3, 0.4) is 0 Å². The van der Waals surface area contributed by atoms with Crippen LogP contribution in [-0.2, 0) is 16.0 Å². The fourth-order valence-corrected chi connectivity index (χ4v) is 4.24. The second-order valence-corrected chi connectivity index (χ2v) is 9.08. The minimum Gasteiger partial charge on any atom is -0.457 e. The zero-order valence-electron chi connectivity index (χ0n) is 20.1. The fourth-order valence-electron chi connectivity index (χ4n) is 4.24. The Balaban J connectivity index is 1.27. The molecule has 182 valence electrons. The highest BCUT2D eigenvalue weighted by molar-refractivity contribution is 6.16. The van der Waals surface area contributed by atoms with Gasteiger partial charge in [0.15, 0.2) is 0 Å². The van der Waals surface area contributed by atoms with Gasteiger partial charge in [-0.1, -0.05) is 6.92 Å². The Labute approximate surface area is 208 Å². The Morgan fingerprint density at radius 1 is 0.944 bits per heavy atom. The van der Waals surface area contributed by atoms with Gasteiger partial charge in [0.25, 0.3) is 0 Å². The van der Waals surface area contributed by atoms with Crippen molar-refractivity contribution in [1.29, 1.82) is 0 Å². The van der Waals surface area contributed by atoms with E-state index in [4.69, 9.17) is 4.74 Å². The van der Waals surface area contributed by atoms with E-state index < -0.39 is 17.1 Å². The summed E-state index contributed by atoms with van der Waals surface area (Å²) in [6, 6.07) is 18.5. The maximum atomic E-state index is 13.1. The van der Waals surface area contributed by atoms with Crippen molar-refractivity contribution in [2.45, 2.75) is 33.1 Å². The first-order valence-corrected chi connectivity index (χ1v) is 11.9. The summed E-state index contributed by atoms with van der Waals surface area (Å²) in [5.74, 6) is 0.184. The zero-order valence-corrected chi connectivity index (χ0v) is 20.1. The van der Waals surface area contributed by atoms with Crippen LogP contribution in [0, 0.1) is 18.2 Å². The molecule has 1 fully saturated rings. The van der Waals surface area contributed by atoms with E-state index in [2.05, 4.69) is 41.6 Å². The molecule has 2 N–H and O–H groups in total. The van der Waals surface area contributed by atoms with Gasteiger partial charge < -0.3 is 15.4 Å². The minimum absolute atomic E-state index is 0.363. The molecular weight excluding hydrogens is 457 g/mol. The second-order valence-electron chi connectivity index (χ2n) is 9.08. The van der Waals surface area contributed by atoms with Gasteiger partial charge >= 0.3 is 0 Å². The molecule has 1 aromatic heterocycles. The number of hydrogen-bond acceptors (Lipinski definition) is 4. The summed E-state index contributed by atoms with van der Waals surface area (Å²) in [4.78, 5) is 30.1. The third-order valence-corrected chi connectivity index (χ3v) is 6.60. The molecule has 4 aromatic rings. The molecule has 3 aromatic carbocycles. The third-order valence-electron chi connectivity index (χ3n) is 6.60. The largest absolute Gasteiger partial charge is 0.457 e. The lowest BCUT2D eigenvalue weighted by Gasteiger charge is -2.16. The molecule has 0 aliphatic heterocycles. The van der Waals surface area contributed by atoms with Gasteiger partial charge in [-0.3, -0.25) is 14.6 Å². The Kier molecular flexibility index (Phi) is 6.14. The van der Waals surface area contributed by atoms with E-state index in [1.165, 1.54) is 35.4 Å². The van der Waals surface area contributed by atoms with E-state index in [0.717, 1.165) is 17.3 Å². The Hall–Kier alpha value is -4.26. The first kappa shape index (κ1) is 23.5. The van der Waals surface area contributed by atoms with Gasteiger partial charge in [-0.15, -0.1) is 0 Å². The molecule has 2 amide bonds. The summed E-state index contributed by atoms with van der Waals surface area (Å²) in [6.07, 6.45) is 3.57. The molecule has 6 nitrogen and oxygen atoms in total. The van der Waals surface area contributed by atoms with Gasteiger partial charge in [-0.2, -0.15) is 0 Å². The number of carbonyl (C=O) groups is 2. The lowest BCUT2D eigenvalue weighted by molar-refractivity contribution is -0.131. The van der Waals surface area contributed by atoms with E-state index in [0.29, 0.717) is 35.7 Å². The molecule has 0 saturated heterocycles. The normalized spacial score (nSPS) is 13.8. The molecule has 7 heteroatoms.